The highest BCUT2D eigenvalue weighted by Crippen LogP contribution is 2.26. The van der Waals surface area contributed by atoms with Crippen LogP contribution in [0.2, 0.25) is 0 Å². The van der Waals surface area contributed by atoms with Crippen LogP contribution in [0.5, 0.6) is 0 Å². The number of nitrogen functional groups attached to an aromatic ring is 2. The lowest BCUT2D eigenvalue weighted by molar-refractivity contribution is -0.385. The van der Waals surface area contributed by atoms with Crippen molar-refractivity contribution in [3.05, 3.63) is 62.2 Å². The fourth-order valence-electron chi connectivity index (χ4n) is 4.73. The number of ether oxygens (including phenoxy) is 1. The first kappa shape index (κ1) is 31.0. The Labute approximate surface area is 232 Å². The number of likely N-dealkylation sites (tertiary alicyclic amines) is 2. The molecule has 0 amide bonds. The summed E-state index contributed by atoms with van der Waals surface area (Å²) < 4.78 is 5.91. The Morgan fingerprint density at radius 2 is 1.70 bits per heavy atom. The number of benzene rings is 2. The number of nitro benzene ring substituents is 2. The van der Waals surface area contributed by atoms with Crippen molar-refractivity contribution in [2.24, 2.45) is 0 Å². The van der Waals surface area contributed by atoms with E-state index >= 15 is 0 Å². The van der Waals surface area contributed by atoms with E-state index in [0.717, 1.165) is 39.1 Å². The van der Waals surface area contributed by atoms with Gasteiger partial charge in [0.2, 0.25) is 0 Å². The van der Waals surface area contributed by atoms with E-state index in [2.05, 4.69) is 15.1 Å². The first-order chi connectivity index (χ1) is 19.1. The number of nitrogens with zero attached hydrogens (tertiary/aromatic N) is 4. The van der Waals surface area contributed by atoms with Crippen LogP contribution >= 0.6 is 0 Å². The van der Waals surface area contributed by atoms with Crippen molar-refractivity contribution in [2.75, 3.05) is 69.3 Å². The van der Waals surface area contributed by atoms with Crippen molar-refractivity contribution in [3.63, 3.8) is 0 Å². The molecule has 0 saturated carbocycles. The van der Waals surface area contributed by atoms with Crippen LogP contribution < -0.4 is 16.8 Å². The van der Waals surface area contributed by atoms with E-state index in [1.165, 1.54) is 12.1 Å². The minimum atomic E-state index is -0.439. The van der Waals surface area contributed by atoms with Crippen LogP contribution in [0.25, 0.3) is 0 Å². The molecule has 2 saturated heterocycles. The Morgan fingerprint density at radius 1 is 1.05 bits per heavy atom. The molecule has 14 nitrogen and oxygen atoms in total. The summed E-state index contributed by atoms with van der Waals surface area (Å²) in [5.41, 5.74) is 12.9. The van der Waals surface area contributed by atoms with E-state index in [1.54, 1.807) is 31.2 Å². The minimum Gasteiger partial charge on any atom is -0.399 e. The second-order valence-corrected chi connectivity index (χ2v) is 10.1. The van der Waals surface area contributed by atoms with E-state index in [0.29, 0.717) is 42.2 Å². The second-order valence-electron chi connectivity index (χ2n) is 10.1. The molecule has 2 heterocycles. The molecule has 40 heavy (non-hydrogen) atoms. The number of anilines is 3. The molecule has 2 atom stereocenters. The Hall–Kier alpha value is -3.56. The molecule has 0 spiro atoms. The van der Waals surface area contributed by atoms with Gasteiger partial charge in [-0.15, -0.1) is 0 Å². The first-order valence-corrected chi connectivity index (χ1v) is 13.2. The van der Waals surface area contributed by atoms with Crippen molar-refractivity contribution in [1.29, 1.82) is 0 Å². The lowest BCUT2D eigenvalue weighted by atomic mass is 10.0. The van der Waals surface area contributed by atoms with E-state index in [4.69, 9.17) is 16.2 Å². The van der Waals surface area contributed by atoms with Crippen molar-refractivity contribution in [2.45, 2.75) is 38.0 Å². The maximum absolute atomic E-state index is 11.1. The summed E-state index contributed by atoms with van der Waals surface area (Å²) in [5.74, 6) is 0. The summed E-state index contributed by atoms with van der Waals surface area (Å²) in [6, 6.07) is 9.29. The van der Waals surface area contributed by atoms with Crippen LogP contribution in [0.15, 0.2) is 36.4 Å². The molecular formula is C26H39N7O7. The lowest BCUT2D eigenvalue weighted by Gasteiger charge is -2.40. The van der Waals surface area contributed by atoms with Crippen LogP contribution in [0.4, 0.5) is 28.4 Å². The quantitative estimate of drug-likeness (QED) is 0.151. The normalized spacial score (nSPS) is 19.8. The summed E-state index contributed by atoms with van der Waals surface area (Å²) in [7, 11) is 0. The molecule has 0 aliphatic carbocycles. The lowest BCUT2D eigenvalue weighted by Crippen LogP contribution is -2.54. The summed E-state index contributed by atoms with van der Waals surface area (Å²) >= 11 is 0. The third kappa shape index (κ3) is 8.99. The van der Waals surface area contributed by atoms with E-state index < -0.39 is 9.85 Å². The molecular weight excluding hydrogens is 522 g/mol. The standard InChI is InChI=1S/C19H31N5O5.C7H8N2O2/c20-14-1-2-18(19(9-14)24(27)28)21-4-6-22-11-17(12-22)29-8-7-23-5-3-16(26)10-15(23)13-25;1-5-2-3-6(8)4-7(5)9(10)11/h1-2,9,15-17,21,25-26H,3-8,10-13,20H2;2-4H,8H2,1H3. The Bertz CT molecular complexity index is 1150. The highest BCUT2D eigenvalue weighted by molar-refractivity contribution is 5.66. The maximum Gasteiger partial charge on any atom is 0.294 e. The molecule has 4 rings (SSSR count). The number of aliphatic hydroxyl groups is 2. The molecule has 2 unspecified atom stereocenters. The molecule has 7 N–H and O–H groups in total. The Morgan fingerprint density at radius 3 is 2.33 bits per heavy atom. The monoisotopic (exact) mass is 561 g/mol. The third-order valence-corrected chi connectivity index (χ3v) is 7.07. The zero-order valence-corrected chi connectivity index (χ0v) is 22.6. The predicted octanol–water partition coefficient (Wildman–Crippen LogP) is 1.59. The number of aliphatic hydroxyl groups excluding tert-OH is 2. The van der Waals surface area contributed by atoms with E-state index in [1.807, 2.05) is 0 Å². The van der Waals surface area contributed by atoms with E-state index in [-0.39, 0.29) is 36.2 Å². The zero-order valence-electron chi connectivity index (χ0n) is 22.6. The molecule has 220 valence electrons. The van der Waals surface area contributed by atoms with Crippen molar-refractivity contribution in [3.8, 4) is 0 Å². The predicted molar refractivity (Wildman–Crippen MR) is 152 cm³/mol. The molecule has 14 heteroatoms. The zero-order chi connectivity index (χ0) is 29.2. The smallest absolute Gasteiger partial charge is 0.294 e. The molecule has 2 aromatic rings. The third-order valence-electron chi connectivity index (χ3n) is 7.07. The fourth-order valence-corrected chi connectivity index (χ4v) is 4.73. The second kappa shape index (κ2) is 14.7. The Kier molecular flexibility index (Phi) is 11.4. The van der Waals surface area contributed by atoms with Gasteiger partial charge in [-0.05, 0) is 38.0 Å². The summed E-state index contributed by atoms with van der Waals surface area (Å²) in [4.78, 5) is 25.0. The van der Waals surface area contributed by atoms with Gasteiger partial charge >= 0.3 is 0 Å². The van der Waals surface area contributed by atoms with Gasteiger partial charge in [0.1, 0.15) is 5.69 Å². The van der Waals surface area contributed by atoms with Gasteiger partial charge in [-0.2, -0.15) is 0 Å². The number of aryl methyl sites for hydroxylation is 1. The highest BCUT2D eigenvalue weighted by atomic mass is 16.6. The number of rotatable bonds is 11. The average Bonchev–Trinajstić information content (AvgIpc) is 2.89. The largest absolute Gasteiger partial charge is 0.399 e. The minimum absolute atomic E-state index is 0.0127. The van der Waals surface area contributed by atoms with Gasteiger partial charge in [0.25, 0.3) is 11.4 Å². The van der Waals surface area contributed by atoms with Crippen molar-refractivity contribution >= 4 is 28.4 Å². The van der Waals surface area contributed by atoms with Gasteiger partial charge in [-0.1, -0.05) is 6.07 Å². The van der Waals surface area contributed by atoms with Crippen LogP contribution in [0.1, 0.15) is 18.4 Å². The highest BCUT2D eigenvalue weighted by Gasteiger charge is 2.29. The molecule has 0 aromatic heterocycles. The van der Waals surface area contributed by atoms with Crippen LogP contribution in [-0.2, 0) is 4.74 Å². The molecule has 2 aromatic carbocycles. The molecule has 0 bridgehead atoms. The number of nitrogens with one attached hydrogen (secondary N) is 1. The van der Waals surface area contributed by atoms with Gasteiger partial charge in [-0.3, -0.25) is 30.0 Å². The van der Waals surface area contributed by atoms with E-state index in [9.17, 15) is 30.4 Å². The average molecular weight is 562 g/mol. The van der Waals surface area contributed by atoms with Gasteiger partial charge in [0.05, 0.1) is 35.3 Å². The fraction of sp³-hybridized carbons (Fsp3) is 0.538. The number of hydrogen-bond acceptors (Lipinski definition) is 12. The number of piperidine rings is 1. The van der Waals surface area contributed by atoms with Crippen LogP contribution in [0.3, 0.4) is 0 Å². The SMILES string of the molecule is Cc1ccc(N)cc1[N+](=O)[O-].Nc1ccc(NCCN2CC(OCCN3CCC(O)CC3CO)C2)c([N+](=O)[O-])c1. The molecule has 2 aliphatic rings. The van der Waals surface area contributed by atoms with Crippen LogP contribution in [-0.4, -0.2) is 101 Å². The van der Waals surface area contributed by atoms with Crippen molar-refractivity contribution in [1.82, 2.24) is 9.80 Å². The summed E-state index contributed by atoms with van der Waals surface area (Å²) in [6.45, 7) is 6.96. The number of hydrogen-bond donors (Lipinski definition) is 5. The number of nitro groups is 2. The van der Waals surface area contributed by atoms with Crippen LogP contribution in [0, 0.1) is 27.2 Å². The Balaban J connectivity index is 0.000000336. The molecule has 2 fully saturated rings. The van der Waals surface area contributed by atoms with Gasteiger partial charge < -0.3 is 31.7 Å². The van der Waals surface area contributed by atoms with Gasteiger partial charge in [0.15, 0.2) is 0 Å². The summed E-state index contributed by atoms with van der Waals surface area (Å²) in [5, 5.41) is 43.7. The molecule has 0 radical (unpaired) electrons. The topological polar surface area (TPSA) is 207 Å². The van der Waals surface area contributed by atoms with Gasteiger partial charge in [0, 0.05) is 74.4 Å². The molecule has 2 aliphatic heterocycles. The number of nitrogens with two attached hydrogens (primary N) is 2. The van der Waals surface area contributed by atoms with Gasteiger partial charge in [-0.25, -0.2) is 0 Å². The first-order valence-electron chi connectivity index (χ1n) is 13.2. The van der Waals surface area contributed by atoms with Crippen molar-refractivity contribution < 1.29 is 24.8 Å². The summed E-state index contributed by atoms with van der Waals surface area (Å²) in [6.07, 6.45) is 1.25. The maximum atomic E-state index is 11.1.